The number of benzene rings is 2. The lowest BCUT2D eigenvalue weighted by Crippen LogP contribution is -2.43. The van der Waals surface area contributed by atoms with Gasteiger partial charge in [0.1, 0.15) is 5.60 Å². The highest BCUT2D eigenvalue weighted by Crippen LogP contribution is 2.17. The van der Waals surface area contributed by atoms with Crippen molar-refractivity contribution in [2.45, 2.75) is 58.3 Å². The van der Waals surface area contributed by atoms with Gasteiger partial charge in [-0.3, -0.25) is 4.79 Å². The zero-order chi connectivity index (χ0) is 24.3. The van der Waals surface area contributed by atoms with Gasteiger partial charge < -0.3 is 19.5 Å². The van der Waals surface area contributed by atoms with Crippen LogP contribution >= 0.6 is 0 Å². The number of rotatable bonds is 8. The van der Waals surface area contributed by atoms with Gasteiger partial charge in [0.05, 0.1) is 19.2 Å². The fourth-order valence-corrected chi connectivity index (χ4v) is 3.09. The van der Waals surface area contributed by atoms with E-state index in [9.17, 15) is 14.7 Å². The maximum absolute atomic E-state index is 12.9. The molecular formula is C27H33NO5. The molecule has 0 aliphatic heterocycles. The van der Waals surface area contributed by atoms with Gasteiger partial charge in [-0.1, -0.05) is 72.5 Å². The van der Waals surface area contributed by atoms with E-state index in [-0.39, 0.29) is 13.1 Å². The van der Waals surface area contributed by atoms with Crippen LogP contribution in [-0.4, -0.2) is 46.9 Å². The van der Waals surface area contributed by atoms with E-state index in [1.165, 1.54) is 11.8 Å². The van der Waals surface area contributed by atoms with Crippen molar-refractivity contribution in [3.8, 4) is 11.8 Å². The van der Waals surface area contributed by atoms with Crippen LogP contribution in [0, 0.1) is 11.8 Å². The molecule has 33 heavy (non-hydrogen) atoms. The second-order valence-corrected chi connectivity index (χ2v) is 8.72. The number of aliphatic hydroxyl groups is 1. The van der Waals surface area contributed by atoms with E-state index < -0.39 is 29.9 Å². The molecule has 0 spiro atoms. The maximum Gasteiger partial charge on any atom is 0.410 e. The summed E-state index contributed by atoms with van der Waals surface area (Å²) in [5.74, 6) is 5.51. The Morgan fingerprint density at radius 3 is 2.18 bits per heavy atom. The number of carbonyl (C=O) groups excluding carboxylic acids is 2. The van der Waals surface area contributed by atoms with Crippen LogP contribution < -0.4 is 0 Å². The van der Waals surface area contributed by atoms with Crippen molar-refractivity contribution in [3.63, 3.8) is 0 Å². The summed E-state index contributed by atoms with van der Waals surface area (Å²) in [6.07, 6.45) is -1.03. The van der Waals surface area contributed by atoms with Crippen LogP contribution in [0.2, 0.25) is 0 Å². The van der Waals surface area contributed by atoms with E-state index in [2.05, 4.69) is 11.8 Å². The molecule has 6 heteroatoms. The van der Waals surface area contributed by atoms with Crippen LogP contribution in [0.3, 0.4) is 0 Å². The first-order valence-electron chi connectivity index (χ1n) is 11.0. The van der Waals surface area contributed by atoms with Crippen LogP contribution in [0.1, 0.15) is 51.3 Å². The van der Waals surface area contributed by atoms with Crippen molar-refractivity contribution in [2.24, 2.45) is 0 Å². The molecule has 0 aliphatic rings. The fourth-order valence-electron chi connectivity index (χ4n) is 3.09. The minimum atomic E-state index is -0.928. The van der Waals surface area contributed by atoms with Crippen LogP contribution in [0.5, 0.6) is 0 Å². The van der Waals surface area contributed by atoms with Crippen molar-refractivity contribution in [2.75, 3.05) is 13.1 Å². The van der Waals surface area contributed by atoms with Crippen molar-refractivity contribution in [3.05, 3.63) is 71.8 Å². The van der Waals surface area contributed by atoms with Crippen LogP contribution in [0.15, 0.2) is 60.7 Å². The molecule has 0 radical (unpaired) electrons. The largest absolute Gasteiger partial charge is 0.447 e. The second-order valence-electron chi connectivity index (χ2n) is 8.72. The number of aryl methyl sites for hydroxylation is 1. The van der Waals surface area contributed by atoms with Crippen molar-refractivity contribution in [1.82, 2.24) is 4.90 Å². The molecule has 2 atom stereocenters. The molecule has 2 unspecified atom stereocenters. The number of ether oxygens (including phenoxy) is 2. The highest BCUT2D eigenvalue weighted by Gasteiger charge is 2.27. The van der Waals surface area contributed by atoms with Gasteiger partial charge in [-0.25, -0.2) is 4.79 Å². The minimum Gasteiger partial charge on any atom is -0.447 e. The molecule has 0 aliphatic carbocycles. The highest BCUT2D eigenvalue weighted by molar-refractivity contribution is 5.69. The number of aliphatic hydroxyl groups excluding tert-OH is 1. The van der Waals surface area contributed by atoms with E-state index in [0.29, 0.717) is 12.0 Å². The topological polar surface area (TPSA) is 76.1 Å². The van der Waals surface area contributed by atoms with Gasteiger partial charge in [-0.05, 0) is 38.3 Å². The normalized spacial score (nSPS) is 12.6. The molecule has 0 bridgehead atoms. The van der Waals surface area contributed by atoms with E-state index in [4.69, 9.17) is 9.47 Å². The molecule has 176 valence electrons. The van der Waals surface area contributed by atoms with Gasteiger partial charge in [-0.15, -0.1) is 0 Å². The Bertz CT molecular complexity index is 941. The van der Waals surface area contributed by atoms with Crippen molar-refractivity contribution < 1.29 is 24.2 Å². The van der Waals surface area contributed by atoms with Gasteiger partial charge in [-0.2, -0.15) is 0 Å². The minimum absolute atomic E-state index is 0.0171. The third kappa shape index (κ3) is 10.2. The smallest absolute Gasteiger partial charge is 0.410 e. The molecule has 0 saturated heterocycles. The average Bonchev–Trinajstić information content (AvgIpc) is 2.75. The Morgan fingerprint density at radius 2 is 1.61 bits per heavy atom. The predicted molar refractivity (Wildman–Crippen MR) is 127 cm³/mol. The molecule has 1 N–H and O–H groups in total. The van der Waals surface area contributed by atoms with Crippen molar-refractivity contribution >= 4 is 12.1 Å². The summed E-state index contributed by atoms with van der Waals surface area (Å²) in [4.78, 5) is 25.9. The summed E-state index contributed by atoms with van der Waals surface area (Å²) in [5, 5.41) is 10.7. The lowest BCUT2D eigenvalue weighted by Gasteiger charge is -2.30. The monoisotopic (exact) mass is 451 g/mol. The number of hydrogen-bond donors (Lipinski definition) is 1. The third-order valence-corrected chi connectivity index (χ3v) is 4.57. The van der Waals surface area contributed by atoms with Crippen LogP contribution in [0.25, 0.3) is 0 Å². The first kappa shape index (κ1) is 26.0. The van der Waals surface area contributed by atoms with E-state index in [0.717, 1.165) is 12.0 Å². The molecule has 0 heterocycles. The lowest BCUT2D eigenvalue weighted by molar-refractivity contribution is -0.144. The Hall–Kier alpha value is -3.30. The molecular weight excluding hydrogens is 418 g/mol. The zero-order valence-corrected chi connectivity index (χ0v) is 19.8. The second kappa shape index (κ2) is 12.7. The lowest BCUT2D eigenvalue weighted by atomic mass is 10.1. The number of carbonyl (C=O) groups is 2. The summed E-state index contributed by atoms with van der Waals surface area (Å²) in [6.45, 7) is 6.56. The number of esters is 1. The zero-order valence-electron chi connectivity index (χ0n) is 19.8. The first-order chi connectivity index (χ1) is 15.6. The predicted octanol–water partition coefficient (Wildman–Crippen LogP) is 4.53. The summed E-state index contributed by atoms with van der Waals surface area (Å²) < 4.78 is 10.9. The van der Waals surface area contributed by atoms with E-state index >= 15 is 0 Å². The summed E-state index contributed by atoms with van der Waals surface area (Å²) in [6, 6.07) is 19.0. The van der Waals surface area contributed by atoms with Gasteiger partial charge in [0, 0.05) is 13.3 Å². The first-order valence-corrected chi connectivity index (χ1v) is 11.0. The van der Waals surface area contributed by atoms with E-state index in [1.54, 1.807) is 32.9 Å². The quantitative estimate of drug-likeness (QED) is 0.472. The Morgan fingerprint density at radius 1 is 1.00 bits per heavy atom. The van der Waals surface area contributed by atoms with Gasteiger partial charge in [0.2, 0.25) is 0 Å². The average molecular weight is 452 g/mol. The highest BCUT2D eigenvalue weighted by atomic mass is 16.6. The standard InChI is InChI=1S/C27H33NO5/c1-21(29)32-24(18-12-11-15-22-13-7-5-8-14-22)19-28(26(31)33-27(2,3)4)20-25(30)23-16-9-6-10-17-23/h5-10,13-14,16-17,24-25,30H,11,15,19-20H2,1-4H3. The van der Waals surface area contributed by atoms with Crippen LogP contribution in [0.4, 0.5) is 4.79 Å². The Balaban J connectivity index is 2.14. The van der Waals surface area contributed by atoms with Gasteiger partial charge in [0.15, 0.2) is 6.10 Å². The fraction of sp³-hybridized carbons (Fsp3) is 0.407. The SMILES string of the molecule is CC(=O)OC(C#CCCc1ccccc1)CN(CC(O)c1ccccc1)C(=O)OC(C)(C)C. The van der Waals surface area contributed by atoms with Crippen LogP contribution in [-0.2, 0) is 20.7 Å². The number of nitrogens with zero attached hydrogens (tertiary/aromatic N) is 1. The number of hydrogen-bond acceptors (Lipinski definition) is 5. The van der Waals surface area contributed by atoms with Gasteiger partial charge in [0.25, 0.3) is 0 Å². The summed E-state index contributed by atoms with van der Waals surface area (Å²) in [5.41, 5.74) is 1.12. The van der Waals surface area contributed by atoms with Gasteiger partial charge >= 0.3 is 12.1 Å². The maximum atomic E-state index is 12.9. The molecule has 2 aromatic rings. The number of amides is 1. The molecule has 0 fully saturated rings. The third-order valence-electron chi connectivity index (χ3n) is 4.57. The summed E-state index contributed by atoms with van der Waals surface area (Å²) in [7, 11) is 0. The van der Waals surface area contributed by atoms with E-state index in [1.807, 2.05) is 48.5 Å². The molecule has 6 nitrogen and oxygen atoms in total. The molecule has 2 rings (SSSR count). The molecule has 1 amide bonds. The van der Waals surface area contributed by atoms with Crippen molar-refractivity contribution in [1.29, 1.82) is 0 Å². The Labute approximate surface area is 196 Å². The molecule has 0 aromatic heterocycles. The molecule has 0 saturated carbocycles. The Kier molecular flexibility index (Phi) is 9.96. The molecule has 2 aromatic carbocycles. The summed E-state index contributed by atoms with van der Waals surface area (Å²) >= 11 is 0.